The standard InChI is InChI=1S/C21H25F3N2O4S2/c1-26-13-15(12-25-26)14-2-5-20(19(10-14)21(22,23)24)32(28,29)18-4-3-17(11-18)30-16-6-8-31(27)9-7-16/h2,5,10,12-13,16-18H,3-4,6-9,11H2,1H3/t16?,17-,18+,31?/m0/s1. The monoisotopic (exact) mass is 490 g/mol. The Hall–Kier alpha value is -1.72. The minimum absolute atomic E-state index is 0.0661. The van der Waals surface area contributed by atoms with Gasteiger partial charge in [0.2, 0.25) is 0 Å². The number of sulfone groups is 1. The fraction of sp³-hybridized carbons (Fsp3) is 0.571. The van der Waals surface area contributed by atoms with Gasteiger partial charge in [0, 0.05) is 41.1 Å². The van der Waals surface area contributed by atoms with E-state index in [1.54, 1.807) is 13.2 Å². The Morgan fingerprint density at radius 3 is 2.44 bits per heavy atom. The summed E-state index contributed by atoms with van der Waals surface area (Å²) in [5.41, 5.74) is -0.422. The maximum Gasteiger partial charge on any atom is 0.417 e. The molecule has 1 saturated heterocycles. The van der Waals surface area contributed by atoms with Crippen molar-refractivity contribution in [2.24, 2.45) is 7.05 Å². The average Bonchev–Trinajstić information content (AvgIpc) is 3.38. The van der Waals surface area contributed by atoms with Crippen molar-refractivity contribution in [3.05, 3.63) is 36.2 Å². The van der Waals surface area contributed by atoms with Crippen LogP contribution in [0.25, 0.3) is 11.1 Å². The van der Waals surface area contributed by atoms with E-state index in [1.165, 1.54) is 16.9 Å². The number of hydrogen-bond donors (Lipinski definition) is 0. The molecule has 0 bridgehead atoms. The summed E-state index contributed by atoms with van der Waals surface area (Å²) in [7, 11) is -3.37. The molecule has 6 nitrogen and oxygen atoms in total. The van der Waals surface area contributed by atoms with Crippen molar-refractivity contribution in [3.8, 4) is 11.1 Å². The van der Waals surface area contributed by atoms with Crippen molar-refractivity contribution in [2.45, 2.75) is 60.6 Å². The van der Waals surface area contributed by atoms with Gasteiger partial charge in [0.1, 0.15) is 0 Å². The summed E-state index contributed by atoms with van der Waals surface area (Å²) in [5, 5.41) is 3.04. The van der Waals surface area contributed by atoms with E-state index in [9.17, 15) is 25.8 Å². The quantitative estimate of drug-likeness (QED) is 0.638. The number of halogens is 3. The first-order valence-corrected chi connectivity index (χ1v) is 13.5. The molecule has 1 aromatic heterocycles. The summed E-state index contributed by atoms with van der Waals surface area (Å²) >= 11 is 0. The van der Waals surface area contributed by atoms with Gasteiger partial charge in [-0.2, -0.15) is 18.3 Å². The average molecular weight is 491 g/mol. The van der Waals surface area contributed by atoms with Gasteiger partial charge in [-0.1, -0.05) is 6.07 Å². The number of ether oxygens (including phenoxy) is 1. The zero-order valence-corrected chi connectivity index (χ0v) is 19.2. The third-order valence-corrected chi connectivity index (χ3v) is 9.78. The topological polar surface area (TPSA) is 78.3 Å². The van der Waals surface area contributed by atoms with Gasteiger partial charge in [0.15, 0.2) is 9.84 Å². The van der Waals surface area contributed by atoms with Crippen molar-refractivity contribution >= 4 is 20.6 Å². The van der Waals surface area contributed by atoms with Gasteiger partial charge in [-0.25, -0.2) is 8.42 Å². The minimum atomic E-state index is -4.81. The van der Waals surface area contributed by atoms with Gasteiger partial charge in [-0.3, -0.25) is 8.89 Å². The van der Waals surface area contributed by atoms with Gasteiger partial charge < -0.3 is 4.74 Å². The van der Waals surface area contributed by atoms with Gasteiger partial charge in [0.05, 0.1) is 34.1 Å². The Kier molecular flexibility index (Phi) is 6.52. The molecule has 0 N–H and O–H groups in total. The number of aryl methyl sites for hydroxylation is 1. The molecule has 0 spiro atoms. The van der Waals surface area contributed by atoms with E-state index in [2.05, 4.69) is 5.10 Å². The first kappa shape index (κ1) is 23.4. The van der Waals surface area contributed by atoms with E-state index in [4.69, 9.17) is 4.74 Å². The normalized spacial score (nSPS) is 27.0. The van der Waals surface area contributed by atoms with Crippen LogP contribution >= 0.6 is 0 Å². The van der Waals surface area contributed by atoms with Crippen LogP contribution in [0.5, 0.6) is 0 Å². The van der Waals surface area contributed by atoms with Gasteiger partial charge in [0.25, 0.3) is 0 Å². The highest BCUT2D eigenvalue weighted by molar-refractivity contribution is 7.92. The molecule has 0 radical (unpaired) electrons. The van der Waals surface area contributed by atoms with E-state index in [0.717, 1.165) is 12.1 Å². The predicted octanol–water partition coefficient (Wildman–Crippen LogP) is 3.73. The number of benzene rings is 1. The lowest BCUT2D eigenvalue weighted by molar-refractivity contribution is -0.139. The number of nitrogens with zero attached hydrogens (tertiary/aromatic N) is 2. The summed E-state index contributed by atoms with van der Waals surface area (Å²) in [5.74, 6) is 1.13. The minimum Gasteiger partial charge on any atom is -0.375 e. The van der Waals surface area contributed by atoms with Gasteiger partial charge >= 0.3 is 6.18 Å². The molecule has 1 aliphatic heterocycles. The second-order valence-corrected chi connectivity index (χ2v) is 12.3. The van der Waals surface area contributed by atoms with Gasteiger partial charge in [-0.05, 0) is 49.8 Å². The Morgan fingerprint density at radius 1 is 1.09 bits per heavy atom. The highest BCUT2D eigenvalue weighted by atomic mass is 32.2. The molecule has 2 heterocycles. The second kappa shape index (κ2) is 8.90. The molecule has 0 amide bonds. The van der Waals surface area contributed by atoms with E-state index < -0.39 is 42.5 Å². The summed E-state index contributed by atoms with van der Waals surface area (Å²) in [4.78, 5) is -0.684. The lowest BCUT2D eigenvalue weighted by atomic mass is 10.1. The van der Waals surface area contributed by atoms with Crippen molar-refractivity contribution in [1.29, 1.82) is 0 Å². The van der Waals surface area contributed by atoms with Crippen molar-refractivity contribution < 1.29 is 30.5 Å². The zero-order chi connectivity index (χ0) is 23.1. The molecule has 1 aromatic carbocycles. The molecule has 0 unspecified atom stereocenters. The number of aromatic nitrogens is 2. The molecule has 2 aromatic rings. The third-order valence-electron chi connectivity index (χ3n) is 6.12. The fourth-order valence-corrected chi connectivity index (χ4v) is 7.68. The highest BCUT2D eigenvalue weighted by Gasteiger charge is 2.43. The van der Waals surface area contributed by atoms with E-state index >= 15 is 0 Å². The summed E-state index contributed by atoms with van der Waals surface area (Å²) < 4.78 is 87.0. The van der Waals surface area contributed by atoms with Crippen LogP contribution in [-0.4, -0.2) is 51.4 Å². The van der Waals surface area contributed by atoms with Crippen LogP contribution in [0.1, 0.15) is 37.7 Å². The lowest BCUT2D eigenvalue weighted by Crippen LogP contribution is -2.29. The molecule has 1 saturated carbocycles. The molecule has 176 valence electrons. The predicted molar refractivity (Wildman–Crippen MR) is 114 cm³/mol. The smallest absolute Gasteiger partial charge is 0.375 e. The van der Waals surface area contributed by atoms with Crippen LogP contribution in [0.4, 0.5) is 13.2 Å². The molecular formula is C21H25F3N2O4S2. The molecule has 2 atom stereocenters. The van der Waals surface area contributed by atoms with E-state index in [-0.39, 0.29) is 30.6 Å². The Morgan fingerprint density at radius 2 is 1.81 bits per heavy atom. The molecule has 11 heteroatoms. The van der Waals surface area contributed by atoms with Crippen molar-refractivity contribution in [2.75, 3.05) is 11.5 Å². The largest absolute Gasteiger partial charge is 0.417 e. The summed E-state index contributed by atoms with van der Waals surface area (Å²) in [6, 6.07) is 3.34. The van der Waals surface area contributed by atoms with Crippen LogP contribution in [0, 0.1) is 0 Å². The lowest BCUT2D eigenvalue weighted by Gasteiger charge is -2.25. The number of hydrogen-bond acceptors (Lipinski definition) is 5. The highest BCUT2D eigenvalue weighted by Crippen LogP contribution is 2.41. The van der Waals surface area contributed by atoms with Crippen LogP contribution < -0.4 is 0 Å². The molecule has 32 heavy (non-hydrogen) atoms. The van der Waals surface area contributed by atoms with Crippen LogP contribution in [0.3, 0.4) is 0 Å². The summed E-state index contributed by atoms with van der Waals surface area (Å²) in [6.07, 6.45) is 0.0529. The maximum atomic E-state index is 13.8. The molecule has 2 aliphatic rings. The Balaban J connectivity index is 1.56. The van der Waals surface area contributed by atoms with Crippen molar-refractivity contribution in [3.63, 3.8) is 0 Å². The fourth-order valence-electron chi connectivity index (χ4n) is 4.42. The zero-order valence-electron chi connectivity index (χ0n) is 17.5. The first-order valence-electron chi connectivity index (χ1n) is 10.5. The molecular weight excluding hydrogens is 465 g/mol. The third kappa shape index (κ3) is 4.94. The maximum absolute atomic E-state index is 13.8. The van der Waals surface area contributed by atoms with E-state index in [1.807, 2.05) is 0 Å². The molecule has 2 fully saturated rings. The molecule has 1 aliphatic carbocycles. The van der Waals surface area contributed by atoms with Crippen LogP contribution in [0.2, 0.25) is 0 Å². The number of rotatable bonds is 5. The second-order valence-electron chi connectivity index (χ2n) is 8.40. The van der Waals surface area contributed by atoms with Crippen LogP contribution in [-0.2, 0) is 38.6 Å². The Bertz CT molecular complexity index is 1100. The first-order chi connectivity index (χ1) is 15.0. The SMILES string of the molecule is Cn1cc(-c2ccc(S(=O)(=O)[C@@H]3CC[C@H](OC4CCS(=O)CC4)C3)c(C(F)(F)F)c2)cn1. The Labute approximate surface area is 187 Å². The van der Waals surface area contributed by atoms with Gasteiger partial charge in [-0.15, -0.1) is 0 Å². The van der Waals surface area contributed by atoms with Crippen molar-refractivity contribution in [1.82, 2.24) is 9.78 Å². The van der Waals surface area contributed by atoms with Crippen LogP contribution in [0.15, 0.2) is 35.5 Å². The van der Waals surface area contributed by atoms with E-state index in [0.29, 0.717) is 36.3 Å². The number of alkyl halides is 3. The summed E-state index contributed by atoms with van der Waals surface area (Å²) in [6.45, 7) is 0. The molecule has 4 rings (SSSR count).